The fraction of sp³-hybridized carbons (Fsp3) is 1.00. The van der Waals surface area contributed by atoms with Gasteiger partial charge in [0.25, 0.3) is 0 Å². The van der Waals surface area contributed by atoms with Crippen molar-refractivity contribution in [1.29, 1.82) is 0 Å². The van der Waals surface area contributed by atoms with Gasteiger partial charge in [0.15, 0.2) is 5.79 Å². The third kappa shape index (κ3) is 2.64. The van der Waals surface area contributed by atoms with E-state index < -0.39 is 0 Å². The van der Waals surface area contributed by atoms with Crippen molar-refractivity contribution in [3.05, 3.63) is 0 Å². The summed E-state index contributed by atoms with van der Waals surface area (Å²) < 4.78 is 11.8. The third-order valence-corrected chi connectivity index (χ3v) is 3.72. The first-order chi connectivity index (χ1) is 7.28. The minimum Gasteiger partial charge on any atom is -0.347 e. The van der Waals surface area contributed by atoms with Gasteiger partial charge in [0.2, 0.25) is 0 Å². The molecule has 0 saturated carbocycles. The predicted octanol–water partition coefficient (Wildman–Crippen LogP) is 1.84. The molecule has 2 unspecified atom stereocenters. The summed E-state index contributed by atoms with van der Waals surface area (Å²) in [7, 11) is 0. The number of alkyl halides is 1. The zero-order chi connectivity index (χ0) is 10.7. The molecule has 15 heavy (non-hydrogen) atoms. The van der Waals surface area contributed by atoms with E-state index in [0.29, 0.717) is 12.5 Å². The summed E-state index contributed by atoms with van der Waals surface area (Å²) in [5, 5.41) is 0. The molecule has 4 heteroatoms. The minimum absolute atomic E-state index is 0.0971. The average Bonchev–Trinajstić information content (AvgIpc) is 2.55. The maximum absolute atomic E-state index is 5.93. The SMILES string of the molecule is CCN1CCCC2(CC1)OCC(CCl)O2. The summed E-state index contributed by atoms with van der Waals surface area (Å²) in [6.45, 7) is 6.22. The molecule has 2 heterocycles. The van der Waals surface area contributed by atoms with Crippen LogP contribution in [0.4, 0.5) is 0 Å². The van der Waals surface area contributed by atoms with Gasteiger partial charge in [-0.25, -0.2) is 0 Å². The van der Waals surface area contributed by atoms with Gasteiger partial charge < -0.3 is 14.4 Å². The zero-order valence-electron chi connectivity index (χ0n) is 9.38. The van der Waals surface area contributed by atoms with Gasteiger partial charge in [0.1, 0.15) is 0 Å². The molecule has 0 aromatic carbocycles. The quantitative estimate of drug-likeness (QED) is 0.680. The van der Waals surface area contributed by atoms with Gasteiger partial charge in [0, 0.05) is 19.4 Å². The molecule has 0 aliphatic carbocycles. The van der Waals surface area contributed by atoms with E-state index >= 15 is 0 Å². The van der Waals surface area contributed by atoms with Crippen molar-refractivity contribution in [3.8, 4) is 0 Å². The number of hydrogen-bond acceptors (Lipinski definition) is 3. The summed E-state index contributed by atoms with van der Waals surface area (Å²) in [6.07, 6.45) is 3.24. The second-order valence-corrected chi connectivity index (χ2v) is 4.71. The first-order valence-electron chi connectivity index (χ1n) is 5.88. The normalized spacial score (nSPS) is 38.4. The maximum Gasteiger partial charge on any atom is 0.170 e. The van der Waals surface area contributed by atoms with E-state index in [1.807, 2.05) is 0 Å². The van der Waals surface area contributed by atoms with Crippen LogP contribution in [0.15, 0.2) is 0 Å². The Hall–Kier alpha value is 0.170. The second-order valence-electron chi connectivity index (χ2n) is 4.40. The second kappa shape index (κ2) is 5.00. The molecule has 88 valence electrons. The highest BCUT2D eigenvalue weighted by molar-refractivity contribution is 6.18. The van der Waals surface area contributed by atoms with Crippen LogP contribution < -0.4 is 0 Å². The van der Waals surface area contributed by atoms with Crippen molar-refractivity contribution < 1.29 is 9.47 Å². The molecule has 2 saturated heterocycles. The molecule has 1 spiro atoms. The first kappa shape index (κ1) is 11.6. The molecule has 2 atom stereocenters. The van der Waals surface area contributed by atoms with Gasteiger partial charge in [0.05, 0.1) is 18.6 Å². The van der Waals surface area contributed by atoms with Crippen molar-refractivity contribution in [2.24, 2.45) is 0 Å². The van der Waals surface area contributed by atoms with Crippen molar-refractivity contribution in [2.45, 2.75) is 38.1 Å². The third-order valence-electron chi connectivity index (χ3n) is 3.37. The highest BCUT2D eigenvalue weighted by atomic mass is 35.5. The Kier molecular flexibility index (Phi) is 3.88. The van der Waals surface area contributed by atoms with Crippen molar-refractivity contribution in [3.63, 3.8) is 0 Å². The van der Waals surface area contributed by atoms with Crippen molar-refractivity contribution >= 4 is 11.6 Å². The highest BCUT2D eigenvalue weighted by Crippen LogP contribution is 2.34. The van der Waals surface area contributed by atoms with Gasteiger partial charge in [-0.3, -0.25) is 0 Å². The van der Waals surface area contributed by atoms with Crippen LogP contribution in [0.25, 0.3) is 0 Å². The number of halogens is 1. The molecular weight excluding hydrogens is 214 g/mol. The highest BCUT2D eigenvalue weighted by Gasteiger charge is 2.41. The van der Waals surface area contributed by atoms with Gasteiger partial charge in [-0.2, -0.15) is 0 Å². The Bertz CT molecular complexity index is 211. The molecule has 0 aromatic rings. The number of nitrogens with zero attached hydrogens (tertiary/aromatic N) is 1. The van der Waals surface area contributed by atoms with Crippen LogP contribution >= 0.6 is 11.6 Å². The standard InChI is InChI=1S/C11H20ClNO2/c1-2-13-6-3-4-11(5-7-13)14-9-10(8-12)15-11/h10H,2-9H2,1H3. The molecule has 0 bridgehead atoms. The van der Waals surface area contributed by atoms with E-state index in [0.717, 1.165) is 38.9 Å². The lowest BCUT2D eigenvalue weighted by atomic mass is 10.1. The fourth-order valence-corrected chi connectivity index (χ4v) is 2.56. The average molecular weight is 234 g/mol. The summed E-state index contributed by atoms with van der Waals surface area (Å²) in [5.41, 5.74) is 0. The van der Waals surface area contributed by atoms with Crippen LogP contribution in [0.3, 0.4) is 0 Å². The van der Waals surface area contributed by atoms with E-state index in [2.05, 4.69) is 11.8 Å². The number of rotatable bonds is 2. The first-order valence-corrected chi connectivity index (χ1v) is 6.41. The van der Waals surface area contributed by atoms with E-state index in [1.54, 1.807) is 0 Å². The molecule has 2 fully saturated rings. The van der Waals surface area contributed by atoms with Crippen LogP contribution in [0.5, 0.6) is 0 Å². The molecule has 2 aliphatic heterocycles. The van der Waals surface area contributed by atoms with Gasteiger partial charge in [-0.1, -0.05) is 6.92 Å². The Morgan fingerprint density at radius 3 is 2.93 bits per heavy atom. The van der Waals surface area contributed by atoms with Crippen LogP contribution in [-0.2, 0) is 9.47 Å². The Labute approximate surface area is 96.7 Å². The van der Waals surface area contributed by atoms with Crippen molar-refractivity contribution in [2.75, 3.05) is 32.1 Å². The lowest BCUT2D eigenvalue weighted by molar-refractivity contribution is -0.172. The lowest BCUT2D eigenvalue weighted by Crippen LogP contribution is -2.33. The summed E-state index contributed by atoms with van der Waals surface area (Å²) in [4.78, 5) is 2.45. The summed E-state index contributed by atoms with van der Waals surface area (Å²) in [5.74, 6) is 0.225. The van der Waals surface area contributed by atoms with Crippen LogP contribution in [0, 0.1) is 0 Å². The fourth-order valence-electron chi connectivity index (χ4n) is 2.41. The van der Waals surface area contributed by atoms with Crippen LogP contribution in [0.2, 0.25) is 0 Å². The van der Waals surface area contributed by atoms with E-state index in [4.69, 9.17) is 21.1 Å². The smallest absolute Gasteiger partial charge is 0.170 e. The molecule has 3 nitrogen and oxygen atoms in total. The monoisotopic (exact) mass is 233 g/mol. The molecule has 2 aliphatic rings. The van der Waals surface area contributed by atoms with Crippen LogP contribution in [-0.4, -0.2) is 48.9 Å². The molecule has 0 amide bonds. The minimum atomic E-state index is -0.316. The number of likely N-dealkylation sites (tertiary alicyclic amines) is 1. The molecule has 2 rings (SSSR count). The summed E-state index contributed by atoms with van der Waals surface area (Å²) in [6, 6.07) is 0. The Balaban J connectivity index is 1.92. The van der Waals surface area contributed by atoms with Gasteiger partial charge >= 0.3 is 0 Å². The Morgan fingerprint density at radius 1 is 1.40 bits per heavy atom. The molecular formula is C11H20ClNO2. The van der Waals surface area contributed by atoms with Crippen molar-refractivity contribution in [1.82, 2.24) is 4.90 Å². The number of ether oxygens (including phenoxy) is 2. The van der Waals surface area contributed by atoms with Crippen LogP contribution in [0.1, 0.15) is 26.2 Å². The van der Waals surface area contributed by atoms with E-state index in [9.17, 15) is 0 Å². The topological polar surface area (TPSA) is 21.7 Å². The van der Waals surface area contributed by atoms with E-state index in [-0.39, 0.29) is 11.9 Å². The predicted molar refractivity (Wildman–Crippen MR) is 60.2 cm³/mol. The lowest BCUT2D eigenvalue weighted by Gasteiger charge is -2.26. The summed E-state index contributed by atoms with van der Waals surface area (Å²) >= 11 is 5.79. The molecule has 0 radical (unpaired) electrons. The molecule has 0 N–H and O–H groups in total. The largest absolute Gasteiger partial charge is 0.347 e. The zero-order valence-corrected chi connectivity index (χ0v) is 10.1. The number of hydrogen-bond donors (Lipinski definition) is 0. The Morgan fingerprint density at radius 2 is 2.27 bits per heavy atom. The molecule has 0 aromatic heterocycles. The maximum atomic E-state index is 5.93. The van der Waals surface area contributed by atoms with Gasteiger partial charge in [-0.05, 0) is 19.5 Å². The van der Waals surface area contributed by atoms with E-state index in [1.165, 1.54) is 0 Å². The van der Waals surface area contributed by atoms with Gasteiger partial charge in [-0.15, -0.1) is 11.6 Å².